The first-order chi connectivity index (χ1) is 16.1. The Hall–Kier alpha value is -3.47. The van der Waals surface area contributed by atoms with Gasteiger partial charge in [-0.2, -0.15) is 0 Å². The van der Waals surface area contributed by atoms with Crippen LogP contribution < -0.4 is 9.30 Å². The van der Waals surface area contributed by atoms with Gasteiger partial charge >= 0.3 is 5.97 Å². The molecule has 0 fully saturated rings. The van der Waals surface area contributed by atoms with Crippen molar-refractivity contribution < 1.29 is 23.6 Å². The molecule has 2 aromatic carbocycles. The molecule has 3 rings (SSSR count). The minimum Gasteiger partial charge on any atom is -0.494 e. The van der Waals surface area contributed by atoms with Crippen LogP contribution in [0.4, 0.5) is 0 Å². The molecule has 188 valence electrons. The second-order valence-electron chi connectivity index (χ2n) is 8.08. The third kappa shape index (κ3) is 10.1. The average molecular weight is 479 g/mol. The van der Waals surface area contributed by atoms with Crippen LogP contribution in [0.2, 0.25) is 0 Å². The Morgan fingerprint density at radius 1 is 0.686 bits per heavy atom. The van der Waals surface area contributed by atoms with Crippen LogP contribution >= 0.6 is 0 Å². The minimum atomic E-state index is -0.263. The lowest BCUT2D eigenvalue weighted by molar-refractivity contribution is -0.671. The molecule has 5 nitrogen and oxygen atoms in total. The highest BCUT2D eigenvalue weighted by Gasteiger charge is 2.10. The van der Waals surface area contributed by atoms with Gasteiger partial charge in [0, 0.05) is 17.2 Å². The molecular weight excluding hydrogens is 438 g/mol. The van der Waals surface area contributed by atoms with Crippen LogP contribution in [0.25, 0.3) is 0 Å². The second-order valence-corrected chi connectivity index (χ2v) is 8.08. The zero-order valence-corrected chi connectivity index (χ0v) is 19.2. The van der Waals surface area contributed by atoms with Crippen LogP contribution in [0.3, 0.4) is 0 Å². The summed E-state index contributed by atoms with van der Waals surface area (Å²) in [5.74, 6) is 0.542. The Balaban J connectivity index is 0.00000306. The SMILES string of the molecule is C.C.C[n+]1cccc(C(=O)OCCCCCCCCOc2ccc(C(=O)c3ccccc3)cc2)c1. The lowest BCUT2D eigenvalue weighted by atomic mass is 10.0. The lowest BCUT2D eigenvalue weighted by Crippen LogP contribution is -2.28. The third-order valence-electron chi connectivity index (χ3n) is 5.37. The van der Waals surface area contributed by atoms with Crippen LogP contribution in [-0.4, -0.2) is 25.0 Å². The quantitative estimate of drug-likeness (QED) is 0.120. The fourth-order valence-corrected chi connectivity index (χ4v) is 3.52. The van der Waals surface area contributed by atoms with Gasteiger partial charge in [-0.15, -0.1) is 0 Å². The average Bonchev–Trinajstić information content (AvgIpc) is 2.85. The topological polar surface area (TPSA) is 56.5 Å². The standard InChI is InChI=1S/C28H32NO4.2CH4/c1-29-19-11-14-25(22-29)28(31)33-21-10-5-3-2-4-9-20-32-26-17-15-24(16-18-26)27(30)23-12-7-6-8-13-23;;/h6-8,11-19,22H,2-5,9-10,20-21H2,1H3;2*1H4/q+1;;. The summed E-state index contributed by atoms with van der Waals surface area (Å²) in [6.45, 7) is 1.13. The van der Waals surface area contributed by atoms with Gasteiger partial charge in [0.05, 0.1) is 13.2 Å². The van der Waals surface area contributed by atoms with Gasteiger partial charge in [-0.3, -0.25) is 4.79 Å². The van der Waals surface area contributed by atoms with E-state index in [1.165, 1.54) is 0 Å². The number of aryl methyl sites for hydroxylation is 1. The van der Waals surface area contributed by atoms with E-state index in [4.69, 9.17) is 9.47 Å². The van der Waals surface area contributed by atoms with Gasteiger partial charge in [-0.25, -0.2) is 9.36 Å². The number of hydrogen-bond acceptors (Lipinski definition) is 4. The summed E-state index contributed by atoms with van der Waals surface area (Å²) in [7, 11) is 1.88. The van der Waals surface area contributed by atoms with Gasteiger partial charge in [0.1, 0.15) is 18.4 Å². The molecule has 0 spiro atoms. The van der Waals surface area contributed by atoms with Crippen LogP contribution in [0, 0.1) is 0 Å². The van der Waals surface area contributed by atoms with Crippen LogP contribution in [0.5, 0.6) is 5.75 Å². The van der Waals surface area contributed by atoms with Crippen LogP contribution in [-0.2, 0) is 11.8 Å². The van der Waals surface area contributed by atoms with E-state index in [1.807, 2.05) is 78.5 Å². The van der Waals surface area contributed by atoms with Crippen LogP contribution in [0.15, 0.2) is 79.1 Å². The molecule has 0 saturated heterocycles. The van der Waals surface area contributed by atoms with E-state index < -0.39 is 0 Å². The highest BCUT2D eigenvalue weighted by Crippen LogP contribution is 2.16. The highest BCUT2D eigenvalue weighted by atomic mass is 16.5. The van der Waals surface area contributed by atoms with Gasteiger partial charge in [0.25, 0.3) is 0 Å². The molecule has 0 bridgehead atoms. The first kappa shape index (κ1) is 29.6. The first-order valence-electron chi connectivity index (χ1n) is 11.6. The smallest absolute Gasteiger partial charge is 0.344 e. The number of carbonyl (C=O) groups excluding carboxylic acids is 2. The molecule has 0 saturated carbocycles. The molecule has 1 heterocycles. The summed E-state index contributed by atoms with van der Waals surface area (Å²) in [5, 5.41) is 0. The second kappa shape index (κ2) is 16.2. The van der Waals surface area contributed by atoms with Crippen molar-refractivity contribution in [3.8, 4) is 5.75 Å². The molecule has 0 aliphatic rings. The summed E-state index contributed by atoms with van der Waals surface area (Å²) < 4.78 is 13.0. The Labute approximate surface area is 210 Å². The molecule has 3 aromatic rings. The summed E-state index contributed by atoms with van der Waals surface area (Å²) in [5.41, 5.74) is 1.93. The van der Waals surface area contributed by atoms with Gasteiger partial charge in [0.15, 0.2) is 18.2 Å². The fourth-order valence-electron chi connectivity index (χ4n) is 3.52. The normalized spacial score (nSPS) is 9.97. The number of rotatable bonds is 13. The predicted octanol–water partition coefficient (Wildman–Crippen LogP) is 6.59. The number of hydrogen-bond donors (Lipinski definition) is 0. The minimum absolute atomic E-state index is 0. The molecule has 0 atom stereocenters. The van der Waals surface area contributed by atoms with E-state index >= 15 is 0 Å². The van der Waals surface area contributed by atoms with Gasteiger partial charge in [-0.1, -0.05) is 70.9 Å². The van der Waals surface area contributed by atoms with Crippen molar-refractivity contribution in [3.05, 3.63) is 95.8 Å². The van der Waals surface area contributed by atoms with Crippen molar-refractivity contribution in [1.29, 1.82) is 0 Å². The van der Waals surface area contributed by atoms with Gasteiger partial charge in [0.2, 0.25) is 0 Å². The van der Waals surface area contributed by atoms with Crippen molar-refractivity contribution in [2.24, 2.45) is 7.05 Å². The van der Waals surface area contributed by atoms with E-state index in [0.717, 1.165) is 44.3 Å². The number of pyridine rings is 1. The number of ether oxygens (including phenoxy) is 2. The molecule has 0 unspecified atom stereocenters. The monoisotopic (exact) mass is 478 g/mol. The van der Waals surface area contributed by atoms with E-state index in [1.54, 1.807) is 12.3 Å². The molecule has 0 amide bonds. The number of ketones is 1. The Morgan fingerprint density at radius 2 is 1.26 bits per heavy atom. The van der Waals surface area contributed by atoms with Crippen molar-refractivity contribution in [2.75, 3.05) is 13.2 Å². The molecule has 0 aliphatic heterocycles. The maximum absolute atomic E-state index is 12.4. The maximum atomic E-state index is 12.4. The number of nitrogens with zero attached hydrogens (tertiary/aromatic N) is 1. The summed E-state index contributed by atoms with van der Waals surface area (Å²) in [4.78, 5) is 24.4. The predicted molar refractivity (Wildman–Crippen MR) is 141 cm³/mol. The van der Waals surface area contributed by atoms with E-state index in [2.05, 4.69) is 0 Å². The molecule has 35 heavy (non-hydrogen) atoms. The number of unbranched alkanes of at least 4 members (excludes halogenated alkanes) is 5. The van der Waals surface area contributed by atoms with Gasteiger partial charge < -0.3 is 9.47 Å². The van der Waals surface area contributed by atoms with E-state index in [0.29, 0.717) is 29.9 Å². The van der Waals surface area contributed by atoms with Crippen LogP contribution in [0.1, 0.15) is 79.7 Å². The fraction of sp³-hybridized carbons (Fsp3) is 0.367. The number of esters is 1. The molecule has 0 radical (unpaired) electrons. The Bertz CT molecular complexity index is 1020. The Kier molecular flexibility index (Phi) is 13.7. The third-order valence-corrected chi connectivity index (χ3v) is 5.37. The van der Waals surface area contributed by atoms with Gasteiger partial charge in [-0.05, 0) is 43.2 Å². The first-order valence-corrected chi connectivity index (χ1v) is 11.6. The number of benzene rings is 2. The highest BCUT2D eigenvalue weighted by molar-refractivity contribution is 6.08. The van der Waals surface area contributed by atoms with Crippen molar-refractivity contribution in [3.63, 3.8) is 0 Å². The Morgan fingerprint density at radius 3 is 1.91 bits per heavy atom. The number of aromatic nitrogens is 1. The largest absolute Gasteiger partial charge is 0.494 e. The molecule has 0 aliphatic carbocycles. The van der Waals surface area contributed by atoms with E-state index in [9.17, 15) is 9.59 Å². The summed E-state index contributed by atoms with van der Waals surface area (Å²) in [6.07, 6.45) is 9.93. The molecular formula is C30H40NO4+. The van der Waals surface area contributed by atoms with Crippen molar-refractivity contribution in [1.82, 2.24) is 0 Å². The molecule has 0 N–H and O–H groups in total. The zero-order valence-electron chi connectivity index (χ0n) is 19.2. The summed E-state index contributed by atoms with van der Waals surface area (Å²) >= 11 is 0. The molecule has 5 heteroatoms. The summed E-state index contributed by atoms with van der Waals surface area (Å²) in [6, 6.07) is 20.2. The van der Waals surface area contributed by atoms with Crippen molar-refractivity contribution in [2.45, 2.75) is 53.4 Å². The van der Waals surface area contributed by atoms with E-state index in [-0.39, 0.29) is 26.6 Å². The molecule has 1 aromatic heterocycles. The zero-order chi connectivity index (χ0) is 23.3. The number of carbonyl (C=O) groups is 2. The van der Waals surface area contributed by atoms with Crippen molar-refractivity contribution >= 4 is 11.8 Å². The maximum Gasteiger partial charge on any atom is 0.344 e. The lowest BCUT2D eigenvalue weighted by Gasteiger charge is -2.07.